The zero-order chi connectivity index (χ0) is 13.9. The van der Waals surface area contributed by atoms with Gasteiger partial charge < -0.3 is 15.5 Å². The fourth-order valence-corrected chi connectivity index (χ4v) is 3.36. The van der Waals surface area contributed by atoms with Crippen LogP contribution in [-0.2, 0) is 4.79 Å². The summed E-state index contributed by atoms with van der Waals surface area (Å²) >= 11 is 0. The van der Waals surface area contributed by atoms with Crippen LogP contribution in [-0.4, -0.2) is 34.9 Å². The quantitative estimate of drug-likeness (QED) is 0.662. The molecule has 0 saturated heterocycles. The van der Waals surface area contributed by atoms with Gasteiger partial charge in [0.1, 0.15) is 0 Å². The Morgan fingerprint density at radius 3 is 2.32 bits per heavy atom. The Morgan fingerprint density at radius 1 is 1.21 bits per heavy atom. The first kappa shape index (κ1) is 14.8. The van der Waals surface area contributed by atoms with Crippen molar-refractivity contribution in [1.82, 2.24) is 5.32 Å². The van der Waals surface area contributed by atoms with E-state index in [1.807, 2.05) is 0 Å². The molecule has 2 fully saturated rings. The number of nitrogens with one attached hydrogen (secondary N) is 1. The van der Waals surface area contributed by atoms with Gasteiger partial charge in [0.05, 0.1) is 11.5 Å². The van der Waals surface area contributed by atoms with Crippen LogP contribution in [0.3, 0.4) is 0 Å². The molecule has 2 rings (SSSR count). The molecule has 4 nitrogen and oxygen atoms in total. The highest BCUT2D eigenvalue weighted by Gasteiger charge is 2.42. The molecule has 0 aromatic carbocycles. The van der Waals surface area contributed by atoms with Crippen molar-refractivity contribution < 1.29 is 15.0 Å². The molecule has 0 aliphatic heterocycles. The molecule has 0 aromatic rings. The highest BCUT2D eigenvalue weighted by molar-refractivity contribution is 5.70. The maximum Gasteiger partial charge on any atom is 0.306 e. The smallest absolute Gasteiger partial charge is 0.306 e. The molecular weight excluding hydrogens is 242 g/mol. The number of hydrogen-bond donors (Lipinski definition) is 3. The molecule has 0 spiro atoms. The van der Waals surface area contributed by atoms with Gasteiger partial charge in [0.15, 0.2) is 0 Å². The van der Waals surface area contributed by atoms with Crippen LogP contribution >= 0.6 is 0 Å². The number of hydrogen-bond acceptors (Lipinski definition) is 3. The normalized spacial score (nSPS) is 33.1. The van der Waals surface area contributed by atoms with Crippen molar-refractivity contribution >= 4 is 5.97 Å². The van der Waals surface area contributed by atoms with Crippen molar-refractivity contribution in [2.24, 2.45) is 11.3 Å². The highest BCUT2D eigenvalue weighted by atomic mass is 16.4. The first-order valence-corrected chi connectivity index (χ1v) is 7.65. The third kappa shape index (κ3) is 3.93. The molecule has 2 aliphatic carbocycles. The Labute approximate surface area is 115 Å². The third-order valence-electron chi connectivity index (χ3n) is 4.96. The predicted octanol–water partition coefficient (Wildman–Crippen LogP) is 2.16. The summed E-state index contributed by atoms with van der Waals surface area (Å²) < 4.78 is 0. The highest BCUT2D eigenvalue weighted by Crippen LogP contribution is 2.49. The van der Waals surface area contributed by atoms with Gasteiger partial charge in [0.25, 0.3) is 0 Å². The Bertz CT molecular complexity index is 317. The SMILES string of the molecule is CCCC1(CNCC2(O)CCC(C(=O)O)CC2)CC1. The van der Waals surface area contributed by atoms with E-state index in [1.165, 1.54) is 25.7 Å². The van der Waals surface area contributed by atoms with Gasteiger partial charge in [0, 0.05) is 13.1 Å². The summed E-state index contributed by atoms with van der Waals surface area (Å²) in [5.41, 5.74) is -0.183. The lowest BCUT2D eigenvalue weighted by atomic mass is 9.78. The Kier molecular flexibility index (Phi) is 4.51. The molecule has 0 amide bonds. The molecule has 0 radical (unpaired) electrons. The van der Waals surface area contributed by atoms with E-state index in [0.29, 0.717) is 37.6 Å². The Hall–Kier alpha value is -0.610. The summed E-state index contributed by atoms with van der Waals surface area (Å²) in [5, 5.41) is 22.9. The van der Waals surface area contributed by atoms with Gasteiger partial charge in [-0.2, -0.15) is 0 Å². The minimum atomic E-state index is -0.713. The molecule has 4 heteroatoms. The summed E-state index contributed by atoms with van der Waals surface area (Å²) in [6.07, 6.45) is 7.56. The van der Waals surface area contributed by atoms with Crippen LogP contribution in [0.2, 0.25) is 0 Å². The van der Waals surface area contributed by atoms with E-state index in [0.717, 1.165) is 6.54 Å². The van der Waals surface area contributed by atoms with Crippen LogP contribution in [0, 0.1) is 11.3 Å². The molecular formula is C15H27NO3. The first-order chi connectivity index (χ1) is 8.99. The van der Waals surface area contributed by atoms with E-state index in [2.05, 4.69) is 12.2 Å². The largest absolute Gasteiger partial charge is 0.481 e. The lowest BCUT2D eigenvalue weighted by Crippen LogP contribution is -2.45. The van der Waals surface area contributed by atoms with Gasteiger partial charge in [-0.25, -0.2) is 0 Å². The molecule has 110 valence electrons. The summed E-state index contributed by atoms with van der Waals surface area (Å²) in [5.74, 6) is -0.968. The minimum absolute atomic E-state index is 0.254. The van der Waals surface area contributed by atoms with Crippen molar-refractivity contribution in [1.29, 1.82) is 0 Å². The lowest BCUT2D eigenvalue weighted by molar-refractivity contribution is -0.144. The van der Waals surface area contributed by atoms with Crippen molar-refractivity contribution in [3.8, 4) is 0 Å². The van der Waals surface area contributed by atoms with E-state index >= 15 is 0 Å². The van der Waals surface area contributed by atoms with Crippen molar-refractivity contribution in [3.63, 3.8) is 0 Å². The second-order valence-electron chi connectivity index (χ2n) is 6.69. The number of carboxylic acid groups (broad SMARTS) is 1. The number of carboxylic acids is 1. The van der Waals surface area contributed by atoms with Gasteiger partial charge in [0.2, 0.25) is 0 Å². The number of carbonyl (C=O) groups is 1. The van der Waals surface area contributed by atoms with Crippen molar-refractivity contribution in [2.45, 2.75) is 63.9 Å². The van der Waals surface area contributed by atoms with Gasteiger partial charge in [-0.15, -0.1) is 0 Å². The van der Waals surface area contributed by atoms with Crippen LogP contribution in [0.15, 0.2) is 0 Å². The summed E-state index contributed by atoms with van der Waals surface area (Å²) in [7, 11) is 0. The molecule has 0 bridgehead atoms. The minimum Gasteiger partial charge on any atom is -0.481 e. The molecule has 3 N–H and O–H groups in total. The summed E-state index contributed by atoms with van der Waals surface area (Å²) in [4.78, 5) is 10.9. The summed E-state index contributed by atoms with van der Waals surface area (Å²) in [6, 6.07) is 0. The predicted molar refractivity (Wildman–Crippen MR) is 74.0 cm³/mol. The van der Waals surface area contributed by atoms with Crippen LogP contribution < -0.4 is 5.32 Å². The summed E-state index contributed by atoms with van der Waals surface area (Å²) in [6.45, 7) is 3.84. The fourth-order valence-electron chi connectivity index (χ4n) is 3.36. The molecule has 2 aliphatic rings. The fraction of sp³-hybridized carbons (Fsp3) is 0.933. The van der Waals surface area contributed by atoms with Crippen LogP contribution in [0.4, 0.5) is 0 Å². The molecule has 0 unspecified atom stereocenters. The lowest BCUT2D eigenvalue weighted by Gasteiger charge is -2.35. The van der Waals surface area contributed by atoms with Gasteiger partial charge in [-0.05, 0) is 50.4 Å². The second kappa shape index (κ2) is 5.80. The number of rotatable bonds is 7. The molecule has 2 saturated carbocycles. The zero-order valence-electron chi connectivity index (χ0n) is 12.0. The average Bonchev–Trinajstić information content (AvgIpc) is 3.10. The average molecular weight is 269 g/mol. The Balaban J connectivity index is 1.70. The van der Waals surface area contributed by atoms with Crippen molar-refractivity contribution in [2.75, 3.05) is 13.1 Å². The van der Waals surface area contributed by atoms with Gasteiger partial charge in [-0.1, -0.05) is 13.3 Å². The molecule has 0 heterocycles. The van der Waals surface area contributed by atoms with E-state index < -0.39 is 11.6 Å². The third-order valence-corrected chi connectivity index (χ3v) is 4.96. The molecule has 0 atom stereocenters. The van der Waals surface area contributed by atoms with Crippen LogP contribution in [0.25, 0.3) is 0 Å². The van der Waals surface area contributed by atoms with Crippen LogP contribution in [0.5, 0.6) is 0 Å². The van der Waals surface area contributed by atoms with E-state index in [9.17, 15) is 9.90 Å². The zero-order valence-corrected chi connectivity index (χ0v) is 12.0. The van der Waals surface area contributed by atoms with Crippen LogP contribution in [0.1, 0.15) is 58.3 Å². The monoisotopic (exact) mass is 269 g/mol. The maximum atomic E-state index is 10.9. The maximum absolute atomic E-state index is 10.9. The second-order valence-corrected chi connectivity index (χ2v) is 6.69. The van der Waals surface area contributed by atoms with Gasteiger partial charge in [-0.3, -0.25) is 4.79 Å². The topological polar surface area (TPSA) is 69.6 Å². The number of aliphatic hydroxyl groups is 1. The van der Waals surface area contributed by atoms with Gasteiger partial charge >= 0.3 is 5.97 Å². The standard InChI is InChI=1S/C15H27NO3/c1-2-5-14(8-9-14)10-16-11-15(19)6-3-12(4-7-15)13(17)18/h12,16,19H,2-11H2,1H3,(H,17,18). The number of aliphatic carboxylic acids is 1. The van der Waals surface area contributed by atoms with E-state index in [-0.39, 0.29) is 5.92 Å². The van der Waals surface area contributed by atoms with E-state index in [4.69, 9.17) is 5.11 Å². The molecule has 19 heavy (non-hydrogen) atoms. The van der Waals surface area contributed by atoms with E-state index in [1.54, 1.807) is 0 Å². The van der Waals surface area contributed by atoms with Crippen molar-refractivity contribution in [3.05, 3.63) is 0 Å². The first-order valence-electron chi connectivity index (χ1n) is 7.65. The Morgan fingerprint density at radius 2 is 1.84 bits per heavy atom. The molecule has 0 aromatic heterocycles.